The van der Waals surface area contributed by atoms with Crippen molar-refractivity contribution >= 4 is 36.6 Å². The largest absolute Gasteiger partial charge is 0.330 e. The predicted molar refractivity (Wildman–Crippen MR) is 125 cm³/mol. The predicted octanol–water partition coefficient (Wildman–Crippen LogP) is 3.34. The molecule has 0 amide bonds. The van der Waals surface area contributed by atoms with E-state index in [1.54, 1.807) is 27.7 Å². The number of para-hydroxylation sites is 1. The van der Waals surface area contributed by atoms with Gasteiger partial charge in [0.2, 0.25) is 5.95 Å². The third-order valence-electron chi connectivity index (χ3n) is 5.41. The SMILES string of the molecule is CCc1ncnc(N2CCC[C@H]2c2nn3ccc(Cl)c3c(=O)n2-c2ccccc2)n1.S. The van der Waals surface area contributed by atoms with Crippen molar-refractivity contribution in [3.05, 3.63) is 75.9 Å². The van der Waals surface area contributed by atoms with Crippen LogP contribution in [0.15, 0.2) is 53.7 Å². The Bertz CT molecular complexity index is 1270. The molecular weight excluding hydrogens is 434 g/mol. The first-order valence-electron chi connectivity index (χ1n) is 9.97. The minimum absolute atomic E-state index is 0. The molecule has 1 aromatic carbocycles. The summed E-state index contributed by atoms with van der Waals surface area (Å²) in [6, 6.07) is 11.1. The van der Waals surface area contributed by atoms with Crippen molar-refractivity contribution in [2.45, 2.75) is 32.2 Å². The minimum atomic E-state index is -0.196. The Kier molecular flexibility index (Phi) is 5.97. The van der Waals surface area contributed by atoms with E-state index < -0.39 is 0 Å². The summed E-state index contributed by atoms with van der Waals surface area (Å²) in [5.74, 6) is 2.00. The Morgan fingerprint density at radius 2 is 1.97 bits per heavy atom. The van der Waals surface area contributed by atoms with Gasteiger partial charge in [-0.2, -0.15) is 23.6 Å². The maximum absolute atomic E-state index is 13.5. The zero-order valence-electron chi connectivity index (χ0n) is 16.9. The Hall–Kier alpha value is -2.91. The number of nitrogens with zero attached hydrogens (tertiary/aromatic N) is 7. The van der Waals surface area contributed by atoms with E-state index >= 15 is 0 Å². The van der Waals surface area contributed by atoms with Gasteiger partial charge in [0.05, 0.1) is 16.8 Å². The first-order chi connectivity index (χ1) is 14.7. The van der Waals surface area contributed by atoms with Crippen molar-refractivity contribution < 1.29 is 0 Å². The second kappa shape index (κ2) is 8.68. The summed E-state index contributed by atoms with van der Waals surface area (Å²) in [4.78, 5) is 28.8. The van der Waals surface area contributed by atoms with Crippen LogP contribution in [0.1, 0.15) is 37.5 Å². The molecule has 0 bridgehead atoms. The lowest BCUT2D eigenvalue weighted by Gasteiger charge is -2.26. The third-order valence-corrected chi connectivity index (χ3v) is 5.71. The summed E-state index contributed by atoms with van der Waals surface area (Å²) in [7, 11) is 0. The van der Waals surface area contributed by atoms with Crippen LogP contribution in [-0.4, -0.2) is 35.7 Å². The molecule has 1 aliphatic rings. The fraction of sp³-hybridized carbons (Fsp3) is 0.286. The van der Waals surface area contributed by atoms with Crippen LogP contribution in [0.2, 0.25) is 5.02 Å². The number of hydrogen-bond acceptors (Lipinski definition) is 6. The van der Waals surface area contributed by atoms with Gasteiger partial charge in [-0.25, -0.2) is 14.5 Å². The number of halogens is 1. The van der Waals surface area contributed by atoms with Gasteiger partial charge in [-0.1, -0.05) is 36.7 Å². The summed E-state index contributed by atoms with van der Waals surface area (Å²) < 4.78 is 3.23. The second-order valence-electron chi connectivity index (χ2n) is 7.20. The van der Waals surface area contributed by atoms with Crippen LogP contribution in [-0.2, 0) is 6.42 Å². The molecule has 1 aliphatic heterocycles. The van der Waals surface area contributed by atoms with E-state index in [2.05, 4.69) is 19.9 Å². The van der Waals surface area contributed by atoms with Crippen molar-refractivity contribution in [3.63, 3.8) is 0 Å². The van der Waals surface area contributed by atoms with Gasteiger partial charge >= 0.3 is 0 Å². The van der Waals surface area contributed by atoms with Crippen molar-refractivity contribution in [2.75, 3.05) is 11.4 Å². The van der Waals surface area contributed by atoms with E-state index in [0.29, 0.717) is 22.3 Å². The maximum Gasteiger partial charge on any atom is 0.284 e. The van der Waals surface area contributed by atoms with Crippen LogP contribution in [0, 0.1) is 0 Å². The highest BCUT2D eigenvalue weighted by Gasteiger charge is 2.33. The number of aromatic nitrogens is 6. The van der Waals surface area contributed by atoms with E-state index in [-0.39, 0.29) is 25.1 Å². The van der Waals surface area contributed by atoms with Gasteiger partial charge in [-0.15, -0.1) is 0 Å². The highest BCUT2D eigenvalue weighted by atomic mass is 35.5. The molecule has 8 nitrogen and oxygen atoms in total. The lowest BCUT2D eigenvalue weighted by molar-refractivity contribution is 0.595. The van der Waals surface area contributed by atoms with Crippen LogP contribution in [0.25, 0.3) is 11.2 Å². The molecule has 0 radical (unpaired) electrons. The normalized spacial score (nSPS) is 15.9. The van der Waals surface area contributed by atoms with E-state index in [1.165, 1.54) is 0 Å². The molecule has 1 fully saturated rings. The van der Waals surface area contributed by atoms with Gasteiger partial charge in [0.15, 0.2) is 5.82 Å². The molecule has 31 heavy (non-hydrogen) atoms. The molecule has 4 aromatic rings. The fourth-order valence-electron chi connectivity index (χ4n) is 3.99. The Balaban J connectivity index is 0.00000231. The maximum atomic E-state index is 13.5. The quantitative estimate of drug-likeness (QED) is 0.469. The monoisotopic (exact) mass is 455 g/mol. The standard InChI is InChI=1S/C21H20ClN7O.H2S/c1-2-17-23-13-24-21(25-17)27-11-6-9-16(27)19-26-28-12-10-15(22)18(28)20(30)29(19)14-7-4-3-5-8-14;/h3-5,7-8,10,12-13,16H,2,6,9,11H2,1H3;1H2/t16-;/m0./s1. The summed E-state index contributed by atoms with van der Waals surface area (Å²) in [5, 5.41) is 5.20. The number of rotatable bonds is 4. The van der Waals surface area contributed by atoms with Crippen molar-refractivity contribution in [1.29, 1.82) is 0 Å². The zero-order valence-corrected chi connectivity index (χ0v) is 18.7. The van der Waals surface area contributed by atoms with Gasteiger partial charge in [0, 0.05) is 19.2 Å². The molecule has 5 rings (SSSR count). The summed E-state index contributed by atoms with van der Waals surface area (Å²) in [6.45, 7) is 2.80. The van der Waals surface area contributed by atoms with Gasteiger partial charge in [0.1, 0.15) is 17.7 Å². The molecule has 0 aliphatic carbocycles. The number of anilines is 1. The molecular formula is C21H22ClN7OS. The zero-order chi connectivity index (χ0) is 20.7. The molecule has 0 saturated carbocycles. The molecule has 0 N–H and O–H groups in total. The number of benzene rings is 1. The average molecular weight is 456 g/mol. The van der Waals surface area contributed by atoms with Crippen molar-refractivity contribution in [3.8, 4) is 5.69 Å². The number of hydrogen-bond donors (Lipinski definition) is 0. The Morgan fingerprint density at radius 3 is 2.74 bits per heavy atom. The topological polar surface area (TPSA) is 81.2 Å². The minimum Gasteiger partial charge on any atom is -0.330 e. The third kappa shape index (κ3) is 3.68. The summed E-state index contributed by atoms with van der Waals surface area (Å²) >= 11 is 6.30. The molecule has 1 atom stereocenters. The van der Waals surface area contributed by atoms with Gasteiger partial charge in [0.25, 0.3) is 5.56 Å². The van der Waals surface area contributed by atoms with Crippen molar-refractivity contribution in [1.82, 2.24) is 29.1 Å². The molecule has 0 unspecified atom stereocenters. The Labute approximate surface area is 191 Å². The van der Waals surface area contributed by atoms with Gasteiger partial charge in [-0.3, -0.25) is 9.36 Å². The second-order valence-corrected chi connectivity index (χ2v) is 7.61. The first kappa shape index (κ1) is 21.3. The van der Waals surface area contributed by atoms with E-state index in [4.69, 9.17) is 16.7 Å². The highest BCUT2D eigenvalue weighted by molar-refractivity contribution is 7.59. The first-order valence-corrected chi connectivity index (χ1v) is 10.3. The van der Waals surface area contributed by atoms with Crippen LogP contribution >= 0.6 is 25.1 Å². The van der Waals surface area contributed by atoms with E-state index in [9.17, 15) is 4.79 Å². The lowest BCUT2D eigenvalue weighted by Crippen LogP contribution is -2.33. The number of aryl methyl sites for hydroxylation is 1. The molecule has 0 spiro atoms. The van der Waals surface area contributed by atoms with E-state index in [0.717, 1.165) is 37.3 Å². The van der Waals surface area contributed by atoms with Gasteiger partial charge < -0.3 is 4.90 Å². The van der Waals surface area contributed by atoms with Crippen LogP contribution in [0.4, 0.5) is 5.95 Å². The molecule has 1 saturated heterocycles. The lowest BCUT2D eigenvalue weighted by atomic mass is 10.2. The summed E-state index contributed by atoms with van der Waals surface area (Å²) in [5.41, 5.74) is 0.918. The van der Waals surface area contributed by atoms with Crippen LogP contribution in [0.3, 0.4) is 0 Å². The smallest absolute Gasteiger partial charge is 0.284 e. The van der Waals surface area contributed by atoms with Crippen molar-refractivity contribution in [2.24, 2.45) is 0 Å². The average Bonchev–Trinajstić information content (AvgIpc) is 3.41. The van der Waals surface area contributed by atoms with Crippen LogP contribution < -0.4 is 10.5 Å². The summed E-state index contributed by atoms with van der Waals surface area (Å²) in [6.07, 6.45) is 5.78. The molecule has 3 aromatic heterocycles. The fourth-order valence-corrected chi connectivity index (χ4v) is 4.22. The molecule has 4 heterocycles. The molecule has 10 heteroatoms. The molecule has 160 valence electrons. The van der Waals surface area contributed by atoms with Crippen LogP contribution in [0.5, 0.6) is 0 Å². The van der Waals surface area contributed by atoms with Gasteiger partial charge in [-0.05, 0) is 31.0 Å². The Morgan fingerprint density at radius 1 is 1.16 bits per heavy atom. The number of fused-ring (bicyclic) bond motifs is 1. The van der Waals surface area contributed by atoms with E-state index in [1.807, 2.05) is 37.3 Å². The highest BCUT2D eigenvalue weighted by Crippen LogP contribution is 2.34.